The summed E-state index contributed by atoms with van der Waals surface area (Å²) >= 11 is 0. The van der Waals surface area contributed by atoms with E-state index in [4.69, 9.17) is 15.3 Å². The van der Waals surface area contributed by atoms with Crippen molar-refractivity contribution in [2.24, 2.45) is 0 Å². The van der Waals surface area contributed by atoms with E-state index < -0.39 is 6.10 Å². The molecule has 0 radical (unpaired) electrons. The highest BCUT2D eigenvalue weighted by molar-refractivity contribution is 4.43. The largest absolute Gasteiger partial charge is 0.394 e. The predicted molar refractivity (Wildman–Crippen MR) is 20.2 cm³/mol. The second-order valence-electron chi connectivity index (χ2n) is 1.02. The van der Waals surface area contributed by atoms with E-state index in [0.29, 0.717) is 0 Å². The molecule has 0 saturated heterocycles. The Hall–Kier alpha value is -0.120. The molecule has 1 unspecified atom stereocenters. The molecule has 0 aliphatic heterocycles. The lowest BCUT2D eigenvalue weighted by molar-refractivity contribution is 0.0450. The van der Waals surface area contributed by atoms with Gasteiger partial charge in [0, 0.05) is 0 Å². The maximum atomic E-state index is 8.17. The first-order chi connectivity index (χ1) is 2.81. The van der Waals surface area contributed by atoms with Gasteiger partial charge in [0.05, 0.1) is 13.2 Å². The number of aliphatic hydroxyl groups is 3. The zero-order valence-electron chi connectivity index (χ0n) is 3.33. The molecule has 0 heterocycles. The minimum Gasteiger partial charge on any atom is -0.394 e. The van der Waals surface area contributed by atoms with Crippen molar-refractivity contribution in [3.63, 3.8) is 0 Å². The fourth-order valence-corrected chi connectivity index (χ4v) is 0.0577. The average Bonchev–Trinajstić information content (AvgIpc) is 1.65. The van der Waals surface area contributed by atoms with Gasteiger partial charge in [0.2, 0.25) is 0 Å². The molecule has 1 atom stereocenters. The molecule has 38 valence electrons. The van der Waals surface area contributed by atoms with Gasteiger partial charge in [-0.15, -0.1) is 0 Å². The van der Waals surface area contributed by atoms with E-state index in [9.17, 15) is 0 Å². The summed E-state index contributed by atoms with van der Waals surface area (Å²) in [6, 6.07) is 0. The molecule has 0 amide bonds. The standard InChI is InChI=1S/C3H8O3/c4-1-3(6)2-5/h3-6H,1-2H2/i1+2. The molecule has 3 nitrogen and oxygen atoms in total. The van der Waals surface area contributed by atoms with Crippen molar-refractivity contribution in [1.29, 1.82) is 0 Å². The van der Waals surface area contributed by atoms with Gasteiger partial charge in [0.15, 0.2) is 0 Å². The molecular formula is C3H8O3. The third-order valence-electron chi connectivity index (χ3n) is 0.421. The van der Waals surface area contributed by atoms with Gasteiger partial charge in [-0.25, -0.2) is 0 Å². The van der Waals surface area contributed by atoms with Gasteiger partial charge in [-0.2, -0.15) is 0 Å². The quantitative estimate of drug-likeness (QED) is 0.383. The Morgan fingerprint density at radius 2 is 2.17 bits per heavy atom. The molecular weight excluding hydrogens is 86.0 g/mol. The summed E-state index contributed by atoms with van der Waals surface area (Å²) in [6.45, 7) is -0.729. The predicted octanol–water partition coefficient (Wildman–Crippen LogP) is -1.67. The lowest BCUT2D eigenvalue weighted by Gasteiger charge is -1.96. The van der Waals surface area contributed by atoms with Crippen LogP contribution in [-0.4, -0.2) is 34.6 Å². The Labute approximate surface area is 35.9 Å². The van der Waals surface area contributed by atoms with Crippen molar-refractivity contribution < 1.29 is 15.3 Å². The molecule has 0 bridgehead atoms. The molecule has 0 aromatic heterocycles. The summed E-state index contributed by atoms with van der Waals surface area (Å²) in [6.07, 6.45) is -0.954. The second kappa shape index (κ2) is 3.08. The van der Waals surface area contributed by atoms with Crippen LogP contribution in [0.15, 0.2) is 0 Å². The first kappa shape index (κ1) is 5.88. The lowest BCUT2D eigenvalue weighted by atomic mass is 10.7. The van der Waals surface area contributed by atoms with Gasteiger partial charge >= 0.3 is 0 Å². The van der Waals surface area contributed by atoms with Crippen molar-refractivity contribution in [2.75, 3.05) is 13.2 Å². The van der Waals surface area contributed by atoms with Crippen molar-refractivity contribution in [2.45, 2.75) is 6.10 Å². The van der Waals surface area contributed by atoms with Crippen LogP contribution >= 0.6 is 0 Å². The van der Waals surface area contributed by atoms with E-state index in [1.54, 1.807) is 0 Å². The molecule has 0 spiro atoms. The smallest absolute Gasteiger partial charge is 0.100 e. The molecule has 0 aromatic carbocycles. The maximum Gasteiger partial charge on any atom is 0.100 e. The Morgan fingerprint density at radius 3 is 2.17 bits per heavy atom. The summed E-state index contributed by atoms with van der Waals surface area (Å²) in [7, 11) is 0. The Balaban J connectivity index is 2.75. The van der Waals surface area contributed by atoms with Crippen LogP contribution in [0.5, 0.6) is 0 Å². The minimum atomic E-state index is -0.954. The Bertz CT molecular complexity index is 25.2. The van der Waals surface area contributed by atoms with Crippen LogP contribution in [0.3, 0.4) is 0 Å². The summed E-state index contributed by atoms with van der Waals surface area (Å²) in [4.78, 5) is 0. The van der Waals surface area contributed by atoms with Crippen LogP contribution in [0.1, 0.15) is 0 Å². The fourth-order valence-electron chi connectivity index (χ4n) is 0.0577. The lowest BCUT2D eigenvalue weighted by Crippen LogP contribution is -2.15. The van der Waals surface area contributed by atoms with Crippen molar-refractivity contribution in [3.05, 3.63) is 0 Å². The highest BCUT2D eigenvalue weighted by atomic mass is 16.5. The van der Waals surface area contributed by atoms with Crippen molar-refractivity contribution in [1.82, 2.24) is 0 Å². The molecule has 0 rings (SSSR count). The maximum absolute atomic E-state index is 8.17. The molecule has 0 aromatic rings. The van der Waals surface area contributed by atoms with Crippen LogP contribution in [0, 0.1) is 0 Å². The van der Waals surface area contributed by atoms with E-state index in [1.165, 1.54) is 0 Å². The second-order valence-corrected chi connectivity index (χ2v) is 1.02. The van der Waals surface area contributed by atoms with E-state index >= 15 is 0 Å². The van der Waals surface area contributed by atoms with E-state index in [0.717, 1.165) is 0 Å². The summed E-state index contributed by atoms with van der Waals surface area (Å²) < 4.78 is 0. The third-order valence-corrected chi connectivity index (χ3v) is 0.421. The minimum absolute atomic E-state index is 0.365. The molecule has 3 heteroatoms. The summed E-state index contributed by atoms with van der Waals surface area (Å²) in [5.41, 5.74) is 0. The van der Waals surface area contributed by atoms with E-state index in [-0.39, 0.29) is 13.2 Å². The molecule has 0 aliphatic carbocycles. The van der Waals surface area contributed by atoms with Crippen LogP contribution in [0.2, 0.25) is 0 Å². The van der Waals surface area contributed by atoms with Crippen LogP contribution < -0.4 is 0 Å². The zero-order chi connectivity index (χ0) is 4.99. The van der Waals surface area contributed by atoms with Gasteiger partial charge in [-0.3, -0.25) is 0 Å². The average molecular weight is 94.1 g/mol. The summed E-state index contributed by atoms with van der Waals surface area (Å²) in [5.74, 6) is 0. The van der Waals surface area contributed by atoms with Gasteiger partial charge < -0.3 is 15.3 Å². The number of hydrogen-bond donors (Lipinski definition) is 3. The number of hydrogen-bond acceptors (Lipinski definition) is 3. The van der Waals surface area contributed by atoms with Gasteiger partial charge in [-0.05, 0) is 0 Å². The SMILES string of the molecule is OCC(O)[14CH2]O. The third kappa shape index (κ3) is 2.14. The Morgan fingerprint density at radius 1 is 1.67 bits per heavy atom. The fraction of sp³-hybridized carbons (Fsp3) is 1.00. The van der Waals surface area contributed by atoms with Crippen molar-refractivity contribution >= 4 is 0 Å². The van der Waals surface area contributed by atoms with Gasteiger partial charge in [0.1, 0.15) is 6.10 Å². The van der Waals surface area contributed by atoms with Crippen LogP contribution in [-0.2, 0) is 0 Å². The zero-order valence-corrected chi connectivity index (χ0v) is 3.33. The van der Waals surface area contributed by atoms with Crippen LogP contribution in [0.4, 0.5) is 0 Å². The molecule has 0 saturated carbocycles. The first-order valence-corrected chi connectivity index (χ1v) is 1.71. The number of rotatable bonds is 2. The van der Waals surface area contributed by atoms with Crippen LogP contribution in [0.25, 0.3) is 0 Å². The molecule has 0 aliphatic rings. The summed E-state index contributed by atoms with van der Waals surface area (Å²) in [5, 5.41) is 24.0. The van der Waals surface area contributed by atoms with Gasteiger partial charge in [-0.1, -0.05) is 0 Å². The molecule has 0 fully saturated rings. The van der Waals surface area contributed by atoms with E-state index in [1.807, 2.05) is 0 Å². The van der Waals surface area contributed by atoms with E-state index in [2.05, 4.69) is 0 Å². The highest BCUT2D eigenvalue weighted by Gasteiger charge is 1.93. The normalized spacial score (nSPS) is 14.5. The Kier molecular flexibility index (Phi) is 3.02. The number of aliphatic hydroxyl groups excluding tert-OH is 3. The molecule has 6 heavy (non-hydrogen) atoms. The first-order valence-electron chi connectivity index (χ1n) is 1.71. The monoisotopic (exact) mass is 94.1 g/mol. The van der Waals surface area contributed by atoms with Gasteiger partial charge in [0.25, 0.3) is 0 Å². The molecule has 3 N–H and O–H groups in total. The topological polar surface area (TPSA) is 60.7 Å². The van der Waals surface area contributed by atoms with Crippen molar-refractivity contribution in [3.8, 4) is 0 Å². The highest BCUT2D eigenvalue weighted by Crippen LogP contribution is 1.71.